The molecule has 0 spiro atoms. The number of nitrogens with zero attached hydrogens (tertiary/aromatic N) is 5. The average Bonchev–Trinajstić information content (AvgIpc) is 3.57. The van der Waals surface area contributed by atoms with Gasteiger partial charge in [0.25, 0.3) is 5.91 Å². The van der Waals surface area contributed by atoms with Crippen molar-refractivity contribution >= 4 is 22.9 Å². The minimum Gasteiger partial charge on any atom is -0.352 e. The number of aromatic nitrogens is 5. The van der Waals surface area contributed by atoms with Crippen LogP contribution in [0.5, 0.6) is 0 Å². The Morgan fingerprint density at radius 3 is 2.62 bits per heavy atom. The second-order valence-electron chi connectivity index (χ2n) is 7.19. The summed E-state index contributed by atoms with van der Waals surface area (Å²) in [5, 5.41) is 13.9. The maximum absolute atomic E-state index is 13.0. The maximum atomic E-state index is 13.0. The normalized spacial score (nSPS) is 11.1. The highest BCUT2D eigenvalue weighted by Crippen LogP contribution is 2.27. The summed E-state index contributed by atoms with van der Waals surface area (Å²) in [6.07, 6.45) is 4.03. The van der Waals surface area contributed by atoms with Crippen molar-refractivity contribution in [1.82, 2.24) is 29.3 Å². The molecule has 0 atom stereocenters. The summed E-state index contributed by atoms with van der Waals surface area (Å²) in [6, 6.07) is 19.0. The second kappa shape index (κ2) is 8.64. The quantitative estimate of drug-likeness (QED) is 0.391. The van der Waals surface area contributed by atoms with Crippen LogP contribution in [0.15, 0.2) is 83.2 Å². The van der Waals surface area contributed by atoms with Crippen molar-refractivity contribution in [3.63, 3.8) is 0 Å². The van der Waals surface area contributed by atoms with Gasteiger partial charge in [-0.3, -0.25) is 9.20 Å². The minimum absolute atomic E-state index is 0.184. The fourth-order valence-electron chi connectivity index (χ4n) is 3.49. The highest BCUT2D eigenvalue weighted by Gasteiger charge is 2.19. The number of rotatable bonds is 7. The van der Waals surface area contributed by atoms with Gasteiger partial charge in [0.2, 0.25) is 0 Å². The van der Waals surface area contributed by atoms with Gasteiger partial charge in [0.05, 0.1) is 16.1 Å². The number of pyridine rings is 1. The zero-order valence-corrected chi connectivity index (χ0v) is 17.9. The molecule has 1 N–H and O–H groups in total. The third-order valence-corrected chi connectivity index (χ3v) is 5.93. The Labute approximate surface area is 187 Å². The van der Waals surface area contributed by atoms with E-state index in [1.54, 1.807) is 40.5 Å². The molecule has 0 saturated carbocycles. The molecule has 5 aromatic rings. The zero-order valence-electron chi connectivity index (χ0n) is 17.1. The van der Waals surface area contributed by atoms with Crippen molar-refractivity contribution in [3.8, 4) is 16.3 Å². The Balaban J connectivity index is 1.30. The highest BCUT2D eigenvalue weighted by molar-refractivity contribution is 7.13. The first-order valence-electron chi connectivity index (χ1n) is 10.2. The Morgan fingerprint density at radius 2 is 1.84 bits per heavy atom. The summed E-state index contributed by atoms with van der Waals surface area (Å²) in [6.45, 7) is 0.835. The van der Waals surface area contributed by atoms with Crippen molar-refractivity contribution in [2.45, 2.75) is 13.0 Å². The van der Waals surface area contributed by atoms with Crippen LogP contribution in [0.25, 0.3) is 21.9 Å². The fraction of sp³-hybridized carbons (Fsp3) is 0.130. The summed E-state index contributed by atoms with van der Waals surface area (Å²) < 4.78 is 4.65. The minimum atomic E-state index is -0.196. The molecule has 1 aromatic carbocycles. The van der Waals surface area contributed by atoms with Gasteiger partial charge in [-0.25, -0.2) is 14.2 Å². The molecule has 5 rings (SSSR count). The molecule has 4 aromatic heterocycles. The lowest BCUT2D eigenvalue weighted by molar-refractivity contribution is 0.0953. The van der Waals surface area contributed by atoms with Gasteiger partial charge in [0, 0.05) is 25.5 Å². The van der Waals surface area contributed by atoms with Gasteiger partial charge in [-0.05, 0) is 42.1 Å². The van der Waals surface area contributed by atoms with Gasteiger partial charge in [0.15, 0.2) is 5.65 Å². The van der Waals surface area contributed by atoms with E-state index in [-0.39, 0.29) is 11.6 Å². The summed E-state index contributed by atoms with van der Waals surface area (Å²) in [5.41, 5.74) is 2.47. The molecule has 0 saturated heterocycles. The molecule has 0 unspecified atom stereocenters. The molecule has 0 aliphatic heterocycles. The molecule has 1 amide bonds. The van der Waals surface area contributed by atoms with Crippen molar-refractivity contribution in [2.24, 2.45) is 0 Å². The third-order valence-electron chi connectivity index (χ3n) is 5.05. The van der Waals surface area contributed by atoms with Gasteiger partial charge in [-0.15, -0.1) is 16.4 Å². The Hall–Kier alpha value is -3.98. The first-order valence-corrected chi connectivity index (χ1v) is 11.1. The first kappa shape index (κ1) is 20.0. The topological polar surface area (TPSA) is 86.2 Å². The number of hydrogen-bond donors (Lipinski definition) is 1. The zero-order chi connectivity index (χ0) is 21.9. The van der Waals surface area contributed by atoms with Crippen molar-refractivity contribution in [1.29, 1.82) is 0 Å². The van der Waals surface area contributed by atoms with Crippen LogP contribution in [0.1, 0.15) is 16.8 Å². The molecule has 0 aliphatic rings. The largest absolute Gasteiger partial charge is 0.352 e. The smallest absolute Gasteiger partial charge is 0.350 e. The molecule has 8 nitrogen and oxygen atoms in total. The van der Waals surface area contributed by atoms with Gasteiger partial charge < -0.3 is 5.32 Å². The van der Waals surface area contributed by atoms with E-state index in [0.29, 0.717) is 36.4 Å². The molecule has 9 heteroatoms. The standard InChI is InChI=1S/C23H20N6O2S/c30-22(24-12-7-14-28-23(31)27-13-5-4-11-20(27)25-28)18-16-29(17-8-2-1-3-9-17)26-21(18)19-10-6-15-32-19/h1-6,8-11,13,15-16H,7,12,14H2,(H,24,30). The predicted molar refractivity (Wildman–Crippen MR) is 123 cm³/mol. The van der Waals surface area contributed by atoms with E-state index < -0.39 is 0 Å². The monoisotopic (exact) mass is 444 g/mol. The first-order chi connectivity index (χ1) is 15.7. The Bertz CT molecular complexity index is 1420. The number of benzene rings is 1. The number of hydrogen-bond acceptors (Lipinski definition) is 5. The molecular formula is C23H20N6O2S. The summed E-state index contributed by atoms with van der Waals surface area (Å²) in [7, 11) is 0. The van der Waals surface area contributed by atoms with E-state index in [1.807, 2.05) is 53.9 Å². The van der Waals surface area contributed by atoms with E-state index >= 15 is 0 Å². The number of carbonyl (C=O) groups is 1. The summed E-state index contributed by atoms with van der Waals surface area (Å²) in [4.78, 5) is 26.3. The number of para-hydroxylation sites is 1. The van der Waals surface area contributed by atoms with Crippen LogP contribution in [-0.4, -0.2) is 36.4 Å². The lowest BCUT2D eigenvalue weighted by Gasteiger charge is -2.04. The maximum Gasteiger partial charge on any atom is 0.350 e. The number of fused-ring (bicyclic) bond motifs is 1. The SMILES string of the molecule is O=C(NCCCn1nc2ccccn2c1=O)c1cn(-c2ccccc2)nc1-c1cccs1. The number of carbonyl (C=O) groups excluding carboxylic acids is 1. The lowest BCUT2D eigenvalue weighted by Crippen LogP contribution is -2.27. The second-order valence-corrected chi connectivity index (χ2v) is 8.14. The van der Waals surface area contributed by atoms with Gasteiger partial charge in [0.1, 0.15) is 5.69 Å². The van der Waals surface area contributed by atoms with Gasteiger partial charge in [-0.2, -0.15) is 5.10 Å². The van der Waals surface area contributed by atoms with E-state index in [2.05, 4.69) is 15.5 Å². The van der Waals surface area contributed by atoms with Crippen LogP contribution in [0.4, 0.5) is 0 Å². The number of nitrogens with one attached hydrogen (secondary N) is 1. The molecule has 4 heterocycles. The molecule has 32 heavy (non-hydrogen) atoms. The van der Waals surface area contributed by atoms with Crippen LogP contribution in [-0.2, 0) is 6.54 Å². The lowest BCUT2D eigenvalue weighted by atomic mass is 10.2. The Morgan fingerprint density at radius 1 is 1.00 bits per heavy atom. The van der Waals surface area contributed by atoms with Crippen LogP contribution < -0.4 is 11.0 Å². The third kappa shape index (κ3) is 3.85. The van der Waals surface area contributed by atoms with E-state index in [0.717, 1.165) is 10.6 Å². The van der Waals surface area contributed by atoms with Crippen LogP contribution in [0, 0.1) is 0 Å². The molecule has 160 valence electrons. The molecule has 0 bridgehead atoms. The molecule has 0 aliphatic carbocycles. The Kier molecular flexibility index (Phi) is 5.39. The summed E-state index contributed by atoms with van der Waals surface area (Å²) >= 11 is 1.54. The highest BCUT2D eigenvalue weighted by atomic mass is 32.1. The predicted octanol–water partition coefficient (Wildman–Crippen LogP) is 3.23. The van der Waals surface area contributed by atoms with Crippen molar-refractivity contribution in [3.05, 3.63) is 94.5 Å². The van der Waals surface area contributed by atoms with Crippen LogP contribution >= 0.6 is 11.3 Å². The molecule has 0 radical (unpaired) electrons. The average molecular weight is 445 g/mol. The van der Waals surface area contributed by atoms with E-state index in [1.165, 1.54) is 9.08 Å². The van der Waals surface area contributed by atoms with E-state index in [4.69, 9.17) is 0 Å². The summed E-state index contributed by atoms with van der Waals surface area (Å²) in [5.74, 6) is -0.196. The van der Waals surface area contributed by atoms with Crippen molar-refractivity contribution < 1.29 is 4.79 Å². The van der Waals surface area contributed by atoms with Gasteiger partial charge >= 0.3 is 5.69 Å². The van der Waals surface area contributed by atoms with E-state index in [9.17, 15) is 9.59 Å². The number of aryl methyl sites for hydroxylation is 1. The fourth-order valence-corrected chi connectivity index (χ4v) is 4.21. The number of amides is 1. The van der Waals surface area contributed by atoms with Crippen LogP contribution in [0.2, 0.25) is 0 Å². The van der Waals surface area contributed by atoms with Crippen molar-refractivity contribution in [2.75, 3.05) is 6.54 Å². The number of thiophene rings is 1. The van der Waals surface area contributed by atoms with Gasteiger partial charge in [-0.1, -0.05) is 30.3 Å². The molecule has 0 fully saturated rings. The van der Waals surface area contributed by atoms with Crippen LogP contribution in [0.3, 0.4) is 0 Å². The molecular weight excluding hydrogens is 424 g/mol.